The molecule has 0 saturated carbocycles. The summed E-state index contributed by atoms with van der Waals surface area (Å²) in [5, 5.41) is 4.03. The molecule has 0 aliphatic rings. The fourth-order valence-corrected chi connectivity index (χ4v) is 3.97. The summed E-state index contributed by atoms with van der Waals surface area (Å²) < 4.78 is 22.1. The molecule has 0 aromatic heterocycles. The van der Waals surface area contributed by atoms with E-state index >= 15 is 0 Å². The van der Waals surface area contributed by atoms with E-state index in [9.17, 15) is 9.59 Å². The lowest BCUT2D eigenvalue weighted by molar-refractivity contribution is -0.141. The molecule has 0 aliphatic heterocycles. The number of unbranched alkanes of at least 4 members (excludes halogenated alkanes) is 2. The predicted molar refractivity (Wildman–Crippen MR) is 134 cm³/mol. The molecule has 0 bridgehead atoms. The van der Waals surface area contributed by atoms with Gasteiger partial charge in [-0.2, -0.15) is 0 Å². The van der Waals surface area contributed by atoms with Crippen LogP contribution in [0, 0.1) is 0 Å². The molecule has 0 unspecified atom stereocenters. The number of methoxy groups -OCH3 is 2. The van der Waals surface area contributed by atoms with Gasteiger partial charge in [0, 0.05) is 34.4 Å². The van der Waals surface area contributed by atoms with Gasteiger partial charge >= 0.3 is 11.9 Å². The number of ether oxygens (including phenoxy) is 4. The van der Waals surface area contributed by atoms with Crippen molar-refractivity contribution in [2.24, 2.45) is 0 Å². The number of esters is 2. The van der Waals surface area contributed by atoms with Gasteiger partial charge in [0.1, 0.15) is 11.5 Å². The minimum atomic E-state index is -0.198. The van der Waals surface area contributed by atoms with Crippen LogP contribution in [0.4, 0.5) is 0 Å². The number of benzene rings is 3. The van der Waals surface area contributed by atoms with Crippen LogP contribution < -0.4 is 9.47 Å². The first-order chi connectivity index (χ1) is 16.6. The van der Waals surface area contributed by atoms with Crippen molar-refractivity contribution >= 4 is 33.5 Å². The second kappa shape index (κ2) is 12.8. The van der Waals surface area contributed by atoms with Gasteiger partial charge in [0.05, 0.1) is 27.4 Å². The van der Waals surface area contributed by atoms with Crippen LogP contribution in [-0.2, 0) is 25.5 Å². The van der Waals surface area contributed by atoms with E-state index in [0.717, 1.165) is 65.1 Å². The van der Waals surface area contributed by atoms with E-state index in [0.29, 0.717) is 26.1 Å². The Morgan fingerprint density at radius 2 is 1.18 bits per heavy atom. The van der Waals surface area contributed by atoms with Gasteiger partial charge < -0.3 is 18.9 Å². The molecule has 0 amide bonds. The maximum absolute atomic E-state index is 11.4. The summed E-state index contributed by atoms with van der Waals surface area (Å²) in [6.45, 7) is 3.16. The van der Waals surface area contributed by atoms with Crippen LogP contribution in [0.2, 0.25) is 0 Å². The van der Waals surface area contributed by atoms with Crippen LogP contribution in [0.3, 0.4) is 0 Å². The second-order valence-electron chi connectivity index (χ2n) is 8.20. The van der Waals surface area contributed by atoms with Crippen LogP contribution in [0.15, 0.2) is 42.5 Å². The highest BCUT2D eigenvalue weighted by atomic mass is 16.5. The van der Waals surface area contributed by atoms with Gasteiger partial charge in [-0.3, -0.25) is 9.59 Å². The Hall–Kier alpha value is -3.28. The van der Waals surface area contributed by atoms with Crippen molar-refractivity contribution in [2.45, 2.75) is 51.9 Å². The highest BCUT2D eigenvalue weighted by Gasteiger charge is 2.17. The van der Waals surface area contributed by atoms with E-state index in [2.05, 4.69) is 37.3 Å². The highest BCUT2D eigenvalue weighted by Crippen LogP contribution is 2.43. The van der Waals surface area contributed by atoms with Gasteiger partial charge in [0.15, 0.2) is 0 Å². The Morgan fingerprint density at radius 1 is 0.676 bits per heavy atom. The molecule has 0 saturated heterocycles. The van der Waals surface area contributed by atoms with E-state index in [1.54, 1.807) is 0 Å². The van der Waals surface area contributed by atoms with Crippen molar-refractivity contribution in [1.82, 2.24) is 0 Å². The fourth-order valence-electron chi connectivity index (χ4n) is 3.97. The van der Waals surface area contributed by atoms with Crippen molar-refractivity contribution in [1.29, 1.82) is 0 Å². The molecule has 6 nitrogen and oxygen atoms in total. The molecule has 0 spiro atoms. The Labute approximate surface area is 201 Å². The Morgan fingerprint density at radius 3 is 1.68 bits per heavy atom. The smallest absolute Gasteiger partial charge is 0.305 e. The van der Waals surface area contributed by atoms with E-state index < -0.39 is 0 Å². The van der Waals surface area contributed by atoms with Crippen molar-refractivity contribution in [3.05, 3.63) is 48.0 Å². The SMILES string of the molecule is CCc1ccc2c(OCCCCC(=O)OC)c3ccccc3c(OCCCCC(=O)OC)c2c1. The van der Waals surface area contributed by atoms with Crippen molar-refractivity contribution in [3.63, 3.8) is 0 Å². The van der Waals surface area contributed by atoms with Gasteiger partial charge in [-0.1, -0.05) is 43.3 Å². The number of rotatable bonds is 13. The van der Waals surface area contributed by atoms with Gasteiger partial charge in [-0.25, -0.2) is 0 Å². The molecule has 0 radical (unpaired) electrons. The van der Waals surface area contributed by atoms with Gasteiger partial charge in [-0.15, -0.1) is 0 Å². The fraction of sp³-hybridized carbons (Fsp3) is 0.429. The first-order valence-corrected chi connectivity index (χ1v) is 12.0. The zero-order valence-electron chi connectivity index (χ0n) is 20.4. The molecular weight excluding hydrogens is 432 g/mol. The van der Waals surface area contributed by atoms with Crippen LogP contribution in [0.1, 0.15) is 51.0 Å². The molecule has 3 aromatic carbocycles. The molecule has 0 heterocycles. The molecule has 3 aromatic rings. The molecule has 0 N–H and O–H groups in total. The van der Waals surface area contributed by atoms with Crippen LogP contribution in [0.5, 0.6) is 11.5 Å². The van der Waals surface area contributed by atoms with Crippen molar-refractivity contribution in [3.8, 4) is 11.5 Å². The molecule has 6 heteroatoms. The minimum absolute atomic E-state index is 0.198. The molecule has 0 fully saturated rings. The zero-order chi connectivity index (χ0) is 24.3. The normalized spacial score (nSPS) is 10.9. The lowest BCUT2D eigenvalue weighted by atomic mass is 9.98. The summed E-state index contributed by atoms with van der Waals surface area (Å²) in [4.78, 5) is 22.7. The van der Waals surface area contributed by atoms with Gasteiger partial charge in [0.25, 0.3) is 0 Å². The summed E-state index contributed by atoms with van der Waals surface area (Å²) in [6.07, 6.45) is 4.66. The molecule has 3 rings (SSSR count). The van der Waals surface area contributed by atoms with Crippen LogP contribution in [0.25, 0.3) is 21.5 Å². The van der Waals surface area contributed by atoms with Crippen molar-refractivity contribution in [2.75, 3.05) is 27.4 Å². The zero-order valence-corrected chi connectivity index (χ0v) is 20.4. The van der Waals surface area contributed by atoms with Gasteiger partial charge in [-0.05, 0) is 43.7 Å². The average molecular weight is 467 g/mol. The Balaban J connectivity index is 1.87. The topological polar surface area (TPSA) is 71.1 Å². The van der Waals surface area contributed by atoms with E-state index in [4.69, 9.17) is 18.9 Å². The first-order valence-electron chi connectivity index (χ1n) is 12.0. The van der Waals surface area contributed by atoms with E-state index in [-0.39, 0.29) is 11.9 Å². The summed E-state index contributed by atoms with van der Waals surface area (Å²) in [6, 6.07) is 14.5. The Kier molecular flexibility index (Phi) is 9.56. The summed E-state index contributed by atoms with van der Waals surface area (Å²) in [5.74, 6) is 1.29. The maximum Gasteiger partial charge on any atom is 0.305 e. The van der Waals surface area contributed by atoms with E-state index in [1.807, 2.05) is 12.1 Å². The summed E-state index contributed by atoms with van der Waals surface area (Å²) in [7, 11) is 2.82. The van der Waals surface area contributed by atoms with Gasteiger partial charge in [0.2, 0.25) is 0 Å². The standard InChI is InChI=1S/C28H34O6/c1-4-20-15-16-23-24(19-20)28(34-18-10-8-14-26(30)32-3)22-12-6-5-11-21(22)27(23)33-17-9-7-13-25(29)31-2/h5-6,11-12,15-16,19H,4,7-10,13-14,17-18H2,1-3H3. The van der Waals surface area contributed by atoms with Crippen LogP contribution >= 0.6 is 0 Å². The molecule has 0 aliphatic carbocycles. The third-order valence-corrected chi connectivity index (χ3v) is 5.90. The maximum atomic E-state index is 11.4. The van der Waals surface area contributed by atoms with E-state index in [1.165, 1.54) is 19.8 Å². The lowest BCUT2D eigenvalue weighted by Gasteiger charge is -2.18. The number of fused-ring (bicyclic) bond motifs is 2. The monoisotopic (exact) mass is 466 g/mol. The third-order valence-electron chi connectivity index (χ3n) is 5.90. The van der Waals surface area contributed by atoms with Crippen LogP contribution in [-0.4, -0.2) is 39.4 Å². The Bertz CT molecular complexity index is 1120. The third kappa shape index (κ3) is 6.40. The number of aryl methyl sites for hydroxylation is 1. The number of hydrogen-bond donors (Lipinski definition) is 0. The molecule has 0 atom stereocenters. The number of hydrogen-bond acceptors (Lipinski definition) is 6. The highest BCUT2D eigenvalue weighted by molar-refractivity contribution is 6.11. The molecule has 34 heavy (non-hydrogen) atoms. The quantitative estimate of drug-likeness (QED) is 0.175. The van der Waals surface area contributed by atoms with Crippen molar-refractivity contribution < 1.29 is 28.5 Å². The number of carbonyl (C=O) groups excluding carboxylic acids is 2. The lowest BCUT2D eigenvalue weighted by Crippen LogP contribution is -2.05. The second-order valence-corrected chi connectivity index (χ2v) is 8.20. The predicted octanol–water partition coefficient (Wildman–Crippen LogP) is 6.00. The minimum Gasteiger partial charge on any atom is -0.492 e. The summed E-state index contributed by atoms with van der Waals surface area (Å²) in [5.41, 5.74) is 1.22. The molecular formula is C28H34O6. The first kappa shape index (κ1) is 25.3. The average Bonchev–Trinajstić information content (AvgIpc) is 2.88. The molecule has 182 valence electrons. The number of carbonyl (C=O) groups is 2. The largest absolute Gasteiger partial charge is 0.492 e. The summed E-state index contributed by atoms with van der Waals surface area (Å²) >= 11 is 0.